The minimum absolute atomic E-state index is 0.0509. The summed E-state index contributed by atoms with van der Waals surface area (Å²) in [5.74, 6) is 1.49. The third kappa shape index (κ3) is 6.29. The van der Waals surface area contributed by atoms with E-state index in [4.69, 9.17) is 4.74 Å². The molecule has 1 aliphatic heterocycles. The molecule has 6 nitrogen and oxygen atoms in total. The van der Waals surface area contributed by atoms with Crippen molar-refractivity contribution < 1.29 is 17.9 Å². The second-order valence-corrected chi connectivity index (χ2v) is 9.06. The number of hydrogen-bond acceptors (Lipinski definition) is 4. The monoisotopic (exact) mass is 382 g/mol. The van der Waals surface area contributed by atoms with Gasteiger partial charge in [0.05, 0.1) is 13.4 Å². The van der Waals surface area contributed by atoms with Crippen molar-refractivity contribution in [3.05, 3.63) is 29.8 Å². The van der Waals surface area contributed by atoms with Crippen LogP contribution in [0.5, 0.6) is 5.75 Å². The van der Waals surface area contributed by atoms with Crippen molar-refractivity contribution in [3.63, 3.8) is 0 Å². The van der Waals surface area contributed by atoms with Crippen molar-refractivity contribution >= 4 is 15.9 Å². The number of hydrogen-bond donors (Lipinski definition) is 0. The molecule has 0 atom stereocenters. The second-order valence-electron chi connectivity index (χ2n) is 7.07. The molecule has 0 aliphatic carbocycles. The van der Waals surface area contributed by atoms with Crippen molar-refractivity contribution in [1.82, 2.24) is 9.21 Å². The maximum absolute atomic E-state index is 12.4. The molecule has 0 N–H and O–H groups in total. The van der Waals surface area contributed by atoms with E-state index in [1.807, 2.05) is 29.2 Å². The summed E-state index contributed by atoms with van der Waals surface area (Å²) in [4.78, 5) is 14.2. The molecule has 1 fully saturated rings. The molecule has 146 valence electrons. The molecule has 0 saturated carbocycles. The Kier molecular flexibility index (Phi) is 7.46. The normalized spacial score (nSPS) is 16.1. The molecular formula is C19H30N2O4S. The summed E-state index contributed by atoms with van der Waals surface area (Å²) in [6.07, 6.45) is 4.10. The molecule has 1 saturated heterocycles. The zero-order valence-corrected chi connectivity index (χ0v) is 16.8. The molecule has 1 amide bonds. The lowest BCUT2D eigenvalue weighted by molar-refractivity contribution is -0.132. The van der Waals surface area contributed by atoms with Crippen LogP contribution in [-0.4, -0.2) is 63.1 Å². The van der Waals surface area contributed by atoms with E-state index >= 15 is 0 Å². The lowest BCUT2D eigenvalue weighted by atomic mass is 9.99. The molecule has 0 bridgehead atoms. The Bertz CT molecular complexity index is 680. The zero-order chi connectivity index (χ0) is 19.2. The summed E-state index contributed by atoms with van der Waals surface area (Å²) in [7, 11) is -1.73. The Morgan fingerprint density at radius 1 is 1.19 bits per heavy atom. The van der Waals surface area contributed by atoms with Gasteiger partial charge in [-0.1, -0.05) is 19.1 Å². The molecular weight excluding hydrogens is 352 g/mol. The van der Waals surface area contributed by atoms with E-state index in [9.17, 15) is 13.2 Å². The first-order valence-corrected chi connectivity index (χ1v) is 11.0. The number of rotatable bonds is 8. The van der Waals surface area contributed by atoms with E-state index < -0.39 is 10.0 Å². The SMILES string of the molecule is COc1ccc(CCN(CCC(=O)N2CCC(C)CC2)S(C)(=O)=O)cc1. The van der Waals surface area contributed by atoms with E-state index in [1.165, 1.54) is 10.6 Å². The highest BCUT2D eigenvalue weighted by Crippen LogP contribution is 2.17. The summed E-state index contributed by atoms with van der Waals surface area (Å²) in [5.41, 5.74) is 1.04. The minimum atomic E-state index is -3.35. The predicted octanol–water partition coefficient (Wildman–Crippen LogP) is 2.15. The number of nitrogens with zero attached hydrogens (tertiary/aromatic N) is 2. The molecule has 1 aliphatic rings. The fourth-order valence-corrected chi connectivity index (χ4v) is 3.97. The summed E-state index contributed by atoms with van der Waals surface area (Å²) >= 11 is 0. The van der Waals surface area contributed by atoms with Crippen LogP contribution < -0.4 is 4.74 Å². The molecule has 2 rings (SSSR count). The van der Waals surface area contributed by atoms with Gasteiger partial charge < -0.3 is 9.64 Å². The molecule has 0 aromatic heterocycles. The van der Waals surface area contributed by atoms with Crippen LogP contribution in [0.15, 0.2) is 24.3 Å². The van der Waals surface area contributed by atoms with Crippen LogP contribution in [0.2, 0.25) is 0 Å². The van der Waals surface area contributed by atoms with Gasteiger partial charge in [-0.15, -0.1) is 0 Å². The third-order valence-electron chi connectivity index (χ3n) is 4.99. The average molecular weight is 383 g/mol. The Balaban J connectivity index is 1.87. The molecule has 7 heteroatoms. The lowest BCUT2D eigenvalue weighted by Crippen LogP contribution is -2.40. The molecule has 26 heavy (non-hydrogen) atoms. The number of amides is 1. The van der Waals surface area contributed by atoms with Crippen LogP contribution in [0.25, 0.3) is 0 Å². The van der Waals surface area contributed by atoms with Crippen LogP contribution in [0, 0.1) is 5.92 Å². The number of carbonyl (C=O) groups excluding carboxylic acids is 1. The van der Waals surface area contributed by atoms with E-state index in [-0.39, 0.29) is 18.9 Å². The van der Waals surface area contributed by atoms with Crippen molar-refractivity contribution in [2.45, 2.75) is 32.6 Å². The van der Waals surface area contributed by atoms with Gasteiger partial charge in [0.2, 0.25) is 15.9 Å². The van der Waals surface area contributed by atoms with E-state index in [1.54, 1.807) is 7.11 Å². The Morgan fingerprint density at radius 2 is 1.81 bits per heavy atom. The van der Waals surface area contributed by atoms with Gasteiger partial charge >= 0.3 is 0 Å². The van der Waals surface area contributed by atoms with Gasteiger partial charge in [-0.05, 0) is 42.9 Å². The molecule has 0 unspecified atom stereocenters. The van der Waals surface area contributed by atoms with Crippen LogP contribution in [0.1, 0.15) is 31.7 Å². The van der Waals surface area contributed by atoms with Crippen LogP contribution in [0.4, 0.5) is 0 Å². The number of methoxy groups -OCH3 is 1. The Hall–Kier alpha value is -1.60. The van der Waals surface area contributed by atoms with Gasteiger partial charge in [0.15, 0.2) is 0 Å². The Morgan fingerprint density at radius 3 is 2.35 bits per heavy atom. The topological polar surface area (TPSA) is 66.9 Å². The van der Waals surface area contributed by atoms with E-state index in [0.717, 1.165) is 37.2 Å². The molecule has 1 heterocycles. The summed E-state index contributed by atoms with van der Waals surface area (Å²) in [6, 6.07) is 7.58. The van der Waals surface area contributed by atoms with Crippen LogP contribution >= 0.6 is 0 Å². The molecule has 1 aromatic rings. The molecule has 0 spiro atoms. The van der Waals surface area contributed by atoms with Gasteiger partial charge in [0.1, 0.15) is 5.75 Å². The number of piperidine rings is 1. The summed E-state index contributed by atoms with van der Waals surface area (Å²) in [5, 5.41) is 0. The highest BCUT2D eigenvalue weighted by molar-refractivity contribution is 7.88. The van der Waals surface area contributed by atoms with Gasteiger partial charge in [0.25, 0.3) is 0 Å². The number of carbonyl (C=O) groups is 1. The first-order valence-electron chi connectivity index (χ1n) is 9.15. The second kappa shape index (κ2) is 9.37. The summed E-state index contributed by atoms with van der Waals surface area (Å²) in [6.45, 7) is 4.37. The number of benzene rings is 1. The van der Waals surface area contributed by atoms with Crippen LogP contribution in [0.3, 0.4) is 0 Å². The highest BCUT2D eigenvalue weighted by atomic mass is 32.2. The van der Waals surface area contributed by atoms with E-state index in [2.05, 4.69) is 6.92 Å². The van der Waals surface area contributed by atoms with Crippen molar-refractivity contribution in [1.29, 1.82) is 0 Å². The fraction of sp³-hybridized carbons (Fsp3) is 0.632. The van der Waals surface area contributed by atoms with Gasteiger partial charge in [0, 0.05) is 32.6 Å². The Labute approximate surface area is 157 Å². The lowest BCUT2D eigenvalue weighted by Gasteiger charge is -2.31. The summed E-state index contributed by atoms with van der Waals surface area (Å²) < 4.78 is 30.7. The maximum atomic E-state index is 12.4. The molecule has 0 radical (unpaired) electrons. The predicted molar refractivity (Wildman–Crippen MR) is 103 cm³/mol. The van der Waals surface area contributed by atoms with E-state index in [0.29, 0.717) is 18.9 Å². The number of ether oxygens (including phenoxy) is 1. The van der Waals surface area contributed by atoms with Crippen molar-refractivity contribution in [2.24, 2.45) is 5.92 Å². The highest BCUT2D eigenvalue weighted by Gasteiger charge is 2.23. The smallest absolute Gasteiger partial charge is 0.223 e. The number of likely N-dealkylation sites (tertiary alicyclic amines) is 1. The molecule has 1 aromatic carbocycles. The first kappa shape index (κ1) is 20.7. The van der Waals surface area contributed by atoms with Crippen LogP contribution in [-0.2, 0) is 21.2 Å². The van der Waals surface area contributed by atoms with Gasteiger partial charge in [-0.2, -0.15) is 0 Å². The largest absolute Gasteiger partial charge is 0.497 e. The van der Waals surface area contributed by atoms with Crippen molar-refractivity contribution in [3.8, 4) is 5.75 Å². The first-order chi connectivity index (χ1) is 12.3. The standard InChI is InChI=1S/C19H30N2O4S/c1-16-8-12-20(13-9-16)19(22)11-15-21(26(3,23)24)14-10-17-4-6-18(25-2)7-5-17/h4-7,16H,8-15H2,1-3H3. The van der Waals surface area contributed by atoms with Gasteiger partial charge in [-0.25, -0.2) is 12.7 Å². The fourth-order valence-electron chi connectivity index (χ4n) is 3.13. The van der Waals surface area contributed by atoms with Gasteiger partial charge in [-0.3, -0.25) is 4.79 Å². The third-order valence-corrected chi connectivity index (χ3v) is 6.29. The average Bonchev–Trinajstić information content (AvgIpc) is 2.61. The quantitative estimate of drug-likeness (QED) is 0.691. The van der Waals surface area contributed by atoms with Crippen molar-refractivity contribution in [2.75, 3.05) is 39.5 Å². The maximum Gasteiger partial charge on any atom is 0.223 e. The number of sulfonamides is 1. The minimum Gasteiger partial charge on any atom is -0.497 e. The zero-order valence-electron chi connectivity index (χ0n) is 16.0.